The molecule has 0 aliphatic carbocycles. The molecule has 3 N–H and O–H groups in total. The molecule has 7 heteroatoms. The predicted octanol–water partition coefficient (Wildman–Crippen LogP) is 2.34. The van der Waals surface area contributed by atoms with Crippen LogP contribution >= 0.6 is 0 Å². The number of carbonyl (C=O) groups excluding carboxylic acids is 2. The highest BCUT2D eigenvalue weighted by Gasteiger charge is 2.13. The summed E-state index contributed by atoms with van der Waals surface area (Å²) in [6, 6.07) is 14.0. The summed E-state index contributed by atoms with van der Waals surface area (Å²) in [6.45, 7) is 2.93. The molecule has 1 heterocycles. The monoisotopic (exact) mass is 366 g/mol. The topological polar surface area (TPSA) is 99.1 Å². The summed E-state index contributed by atoms with van der Waals surface area (Å²) in [7, 11) is 0. The van der Waals surface area contributed by atoms with Crippen LogP contribution in [0.15, 0.2) is 53.3 Å². The van der Waals surface area contributed by atoms with E-state index in [0.717, 1.165) is 17.5 Å². The van der Waals surface area contributed by atoms with E-state index in [9.17, 15) is 14.4 Å². The van der Waals surface area contributed by atoms with Gasteiger partial charge < -0.3 is 11.1 Å². The van der Waals surface area contributed by atoms with Gasteiger partial charge >= 0.3 is 5.69 Å². The molecule has 0 aliphatic heterocycles. The summed E-state index contributed by atoms with van der Waals surface area (Å²) in [5.41, 5.74) is 7.66. The molecule has 0 atom stereocenters. The first kappa shape index (κ1) is 18.4. The molecule has 0 unspecified atom stereocenters. The van der Waals surface area contributed by atoms with E-state index in [-0.39, 0.29) is 24.6 Å². The normalized spacial score (nSPS) is 10.9. The number of hydrogen-bond donors (Lipinski definition) is 2. The Kier molecular flexibility index (Phi) is 5.40. The van der Waals surface area contributed by atoms with Crippen molar-refractivity contribution < 1.29 is 9.59 Å². The number of primary amides is 1. The van der Waals surface area contributed by atoms with Gasteiger partial charge in [-0.1, -0.05) is 25.1 Å². The van der Waals surface area contributed by atoms with Crippen molar-refractivity contribution in [3.63, 3.8) is 0 Å². The SMILES string of the molecule is CCCn1c(=O)n(CCC(=O)Nc2cccc(C(N)=O)c2)c2ccccc21. The number of nitrogens with zero attached hydrogens (tertiary/aromatic N) is 2. The fourth-order valence-corrected chi connectivity index (χ4v) is 3.12. The number of fused-ring (bicyclic) bond motifs is 1. The van der Waals surface area contributed by atoms with Crippen molar-refractivity contribution in [2.24, 2.45) is 5.73 Å². The number of nitrogens with one attached hydrogen (secondary N) is 1. The summed E-state index contributed by atoms with van der Waals surface area (Å²) in [5, 5.41) is 2.74. The number of amides is 2. The Morgan fingerprint density at radius 1 is 1.00 bits per heavy atom. The van der Waals surface area contributed by atoms with Crippen LogP contribution in [0.5, 0.6) is 0 Å². The number of carbonyl (C=O) groups is 2. The van der Waals surface area contributed by atoms with Crippen molar-refractivity contribution in [1.29, 1.82) is 0 Å². The second-order valence-corrected chi connectivity index (χ2v) is 6.32. The lowest BCUT2D eigenvalue weighted by Crippen LogP contribution is -2.26. The molecule has 2 amide bonds. The first-order valence-electron chi connectivity index (χ1n) is 8.89. The second-order valence-electron chi connectivity index (χ2n) is 6.32. The minimum atomic E-state index is -0.554. The minimum Gasteiger partial charge on any atom is -0.366 e. The molecule has 2 aromatic carbocycles. The number of anilines is 1. The van der Waals surface area contributed by atoms with Gasteiger partial charge in [0.2, 0.25) is 11.8 Å². The van der Waals surface area contributed by atoms with Gasteiger partial charge in [0.1, 0.15) is 0 Å². The molecule has 0 aliphatic rings. The van der Waals surface area contributed by atoms with E-state index in [1.165, 1.54) is 6.07 Å². The smallest absolute Gasteiger partial charge is 0.329 e. The van der Waals surface area contributed by atoms with Gasteiger partial charge in [0.05, 0.1) is 11.0 Å². The number of benzene rings is 2. The number of aryl methyl sites for hydroxylation is 2. The van der Waals surface area contributed by atoms with E-state index >= 15 is 0 Å². The maximum Gasteiger partial charge on any atom is 0.329 e. The summed E-state index contributed by atoms with van der Waals surface area (Å²) >= 11 is 0. The molecular formula is C20H22N4O3. The van der Waals surface area contributed by atoms with Gasteiger partial charge in [-0.2, -0.15) is 0 Å². The van der Waals surface area contributed by atoms with Crippen molar-refractivity contribution in [3.05, 3.63) is 64.6 Å². The van der Waals surface area contributed by atoms with Crippen LogP contribution in [0.2, 0.25) is 0 Å². The van der Waals surface area contributed by atoms with Crippen LogP contribution in [0.25, 0.3) is 11.0 Å². The molecule has 3 rings (SSSR count). The van der Waals surface area contributed by atoms with Crippen LogP contribution < -0.4 is 16.7 Å². The van der Waals surface area contributed by atoms with Crippen molar-refractivity contribution in [3.8, 4) is 0 Å². The standard InChI is InChI=1S/C20H22N4O3/c1-2-11-23-16-8-3-4-9-17(16)24(20(23)27)12-10-18(25)22-15-7-5-6-14(13-15)19(21)26/h3-9,13H,2,10-12H2,1H3,(H2,21,26)(H,22,25). The number of aromatic nitrogens is 2. The molecule has 0 fully saturated rings. The summed E-state index contributed by atoms with van der Waals surface area (Å²) in [5.74, 6) is -0.794. The number of imidazole rings is 1. The first-order chi connectivity index (χ1) is 13.0. The molecule has 0 saturated heterocycles. The average molecular weight is 366 g/mol. The number of nitrogens with two attached hydrogens (primary N) is 1. The zero-order chi connectivity index (χ0) is 19.4. The quantitative estimate of drug-likeness (QED) is 0.671. The molecule has 0 saturated carbocycles. The van der Waals surface area contributed by atoms with E-state index in [0.29, 0.717) is 17.8 Å². The molecule has 140 valence electrons. The van der Waals surface area contributed by atoms with Crippen molar-refractivity contribution in [1.82, 2.24) is 9.13 Å². The Bertz CT molecular complexity index is 1050. The molecule has 0 radical (unpaired) electrons. The summed E-state index contributed by atoms with van der Waals surface area (Å²) in [4.78, 5) is 36.2. The third-order valence-electron chi connectivity index (χ3n) is 4.37. The van der Waals surface area contributed by atoms with Gasteiger partial charge in [0.25, 0.3) is 0 Å². The Hall–Kier alpha value is -3.35. The van der Waals surface area contributed by atoms with E-state index in [1.54, 1.807) is 27.3 Å². The molecule has 27 heavy (non-hydrogen) atoms. The maximum atomic E-state index is 12.7. The van der Waals surface area contributed by atoms with E-state index in [4.69, 9.17) is 5.73 Å². The molecule has 3 aromatic rings. The van der Waals surface area contributed by atoms with Crippen molar-refractivity contribution in [2.45, 2.75) is 32.9 Å². The third kappa shape index (κ3) is 3.92. The lowest BCUT2D eigenvalue weighted by atomic mass is 10.2. The highest BCUT2D eigenvalue weighted by atomic mass is 16.2. The molecule has 1 aromatic heterocycles. The summed E-state index contributed by atoms with van der Waals surface area (Å²) < 4.78 is 3.37. The molecule has 7 nitrogen and oxygen atoms in total. The van der Waals surface area contributed by atoms with Gasteiger partial charge in [-0.25, -0.2) is 4.79 Å². The number of rotatable bonds is 7. The van der Waals surface area contributed by atoms with Crippen molar-refractivity contribution in [2.75, 3.05) is 5.32 Å². The van der Waals surface area contributed by atoms with Crippen LogP contribution in [-0.4, -0.2) is 20.9 Å². The van der Waals surface area contributed by atoms with Crippen LogP contribution in [0.4, 0.5) is 5.69 Å². The highest BCUT2D eigenvalue weighted by molar-refractivity contribution is 5.96. The van der Waals surface area contributed by atoms with Gasteiger partial charge in [-0.3, -0.25) is 18.7 Å². The zero-order valence-electron chi connectivity index (χ0n) is 15.1. The number of hydrogen-bond acceptors (Lipinski definition) is 3. The Balaban J connectivity index is 1.76. The van der Waals surface area contributed by atoms with Crippen LogP contribution in [-0.2, 0) is 17.9 Å². The first-order valence-corrected chi connectivity index (χ1v) is 8.89. The van der Waals surface area contributed by atoms with Crippen molar-refractivity contribution >= 4 is 28.5 Å². The van der Waals surface area contributed by atoms with E-state index in [1.807, 2.05) is 31.2 Å². The third-order valence-corrected chi connectivity index (χ3v) is 4.37. The maximum absolute atomic E-state index is 12.7. The average Bonchev–Trinajstić information content (AvgIpc) is 2.92. The van der Waals surface area contributed by atoms with Gasteiger partial charge in [-0.15, -0.1) is 0 Å². The number of para-hydroxylation sites is 2. The highest BCUT2D eigenvalue weighted by Crippen LogP contribution is 2.14. The fraction of sp³-hybridized carbons (Fsp3) is 0.250. The summed E-state index contributed by atoms with van der Waals surface area (Å²) in [6.07, 6.45) is 0.992. The Labute approximate surface area is 156 Å². The molecular weight excluding hydrogens is 344 g/mol. The molecule has 0 spiro atoms. The Morgan fingerprint density at radius 2 is 1.67 bits per heavy atom. The largest absolute Gasteiger partial charge is 0.366 e. The molecule has 0 bridgehead atoms. The second kappa shape index (κ2) is 7.90. The van der Waals surface area contributed by atoms with Crippen LogP contribution in [0.1, 0.15) is 30.1 Å². The zero-order valence-corrected chi connectivity index (χ0v) is 15.1. The van der Waals surface area contributed by atoms with E-state index < -0.39 is 5.91 Å². The minimum absolute atomic E-state index is 0.110. The fourth-order valence-electron chi connectivity index (χ4n) is 3.12. The lowest BCUT2D eigenvalue weighted by Gasteiger charge is -2.07. The Morgan fingerprint density at radius 3 is 2.30 bits per heavy atom. The predicted molar refractivity (Wildman–Crippen MR) is 105 cm³/mol. The van der Waals surface area contributed by atoms with Gasteiger partial charge in [-0.05, 0) is 36.8 Å². The van der Waals surface area contributed by atoms with Crippen LogP contribution in [0.3, 0.4) is 0 Å². The van der Waals surface area contributed by atoms with Crippen LogP contribution in [0, 0.1) is 0 Å². The van der Waals surface area contributed by atoms with Gasteiger partial charge in [0.15, 0.2) is 0 Å². The lowest BCUT2D eigenvalue weighted by molar-refractivity contribution is -0.116. The van der Waals surface area contributed by atoms with E-state index in [2.05, 4.69) is 5.32 Å². The van der Waals surface area contributed by atoms with Gasteiger partial charge in [0, 0.05) is 30.8 Å².